The number of anilines is 1. The normalized spacial score (nSPS) is 14.9. The van der Waals surface area contributed by atoms with Gasteiger partial charge in [-0.2, -0.15) is 0 Å². The van der Waals surface area contributed by atoms with Gasteiger partial charge in [-0.3, -0.25) is 0 Å². The Balaban J connectivity index is 1.88. The van der Waals surface area contributed by atoms with E-state index >= 15 is 0 Å². The Morgan fingerprint density at radius 2 is 2.06 bits per heavy atom. The highest BCUT2D eigenvalue weighted by molar-refractivity contribution is 7.13. The number of hydrogen-bond acceptors (Lipinski definition) is 3. The van der Waals surface area contributed by atoms with Crippen LogP contribution in [0.2, 0.25) is 0 Å². The minimum Gasteiger partial charge on any atom is -0.343 e. The van der Waals surface area contributed by atoms with Crippen LogP contribution in [0.5, 0.6) is 0 Å². The van der Waals surface area contributed by atoms with Crippen molar-refractivity contribution in [2.75, 3.05) is 11.4 Å². The van der Waals surface area contributed by atoms with Crippen LogP contribution in [0.4, 0.5) is 5.13 Å². The van der Waals surface area contributed by atoms with Crippen molar-refractivity contribution >= 4 is 16.5 Å². The number of nitrogens with zero attached hydrogens (tertiary/aromatic N) is 2. The molecule has 1 aliphatic rings. The molecule has 1 aromatic heterocycles. The molecular formula is C13H14N2S. The Morgan fingerprint density at radius 1 is 1.25 bits per heavy atom. The second kappa shape index (κ2) is 3.91. The van der Waals surface area contributed by atoms with E-state index in [-0.39, 0.29) is 0 Å². The predicted octanol–water partition coefficient (Wildman–Crippen LogP) is 3.01. The Morgan fingerprint density at radius 3 is 2.81 bits per heavy atom. The molecule has 0 unspecified atom stereocenters. The van der Waals surface area contributed by atoms with E-state index in [1.54, 1.807) is 11.3 Å². The van der Waals surface area contributed by atoms with Crippen molar-refractivity contribution in [3.05, 3.63) is 46.5 Å². The minimum atomic E-state index is 1.00. The molecule has 82 valence electrons. The number of thiazole rings is 1. The van der Waals surface area contributed by atoms with Gasteiger partial charge in [0.1, 0.15) is 0 Å². The summed E-state index contributed by atoms with van der Waals surface area (Å²) in [6.45, 7) is 4.14. The van der Waals surface area contributed by atoms with Gasteiger partial charge in [0, 0.05) is 18.5 Å². The standard InChI is InChI=1S/C13H14N2S/c1-10-9-16-13(14-10)15-7-6-11-4-2-3-5-12(11)8-15/h2-5,9H,6-8H2,1H3. The largest absolute Gasteiger partial charge is 0.343 e. The summed E-state index contributed by atoms with van der Waals surface area (Å²) in [5.74, 6) is 0. The molecule has 0 saturated carbocycles. The second-order valence-corrected chi connectivity index (χ2v) is 5.05. The summed E-state index contributed by atoms with van der Waals surface area (Å²) in [5, 5.41) is 3.28. The summed E-state index contributed by atoms with van der Waals surface area (Å²) < 4.78 is 0. The maximum atomic E-state index is 4.55. The van der Waals surface area contributed by atoms with Crippen LogP contribution in [0.3, 0.4) is 0 Å². The van der Waals surface area contributed by atoms with Gasteiger partial charge in [0.15, 0.2) is 5.13 Å². The van der Waals surface area contributed by atoms with Crippen molar-refractivity contribution in [3.63, 3.8) is 0 Å². The molecule has 0 aliphatic carbocycles. The Bertz CT molecular complexity index is 504. The van der Waals surface area contributed by atoms with Crippen LogP contribution in [0, 0.1) is 6.92 Å². The topological polar surface area (TPSA) is 16.1 Å². The Hall–Kier alpha value is -1.35. The molecular weight excluding hydrogens is 216 g/mol. The van der Waals surface area contributed by atoms with Gasteiger partial charge < -0.3 is 4.90 Å². The van der Waals surface area contributed by atoms with Gasteiger partial charge in [-0.15, -0.1) is 11.3 Å². The Labute approximate surface area is 99.6 Å². The molecule has 3 rings (SSSR count). The van der Waals surface area contributed by atoms with Crippen LogP contribution >= 0.6 is 11.3 Å². The highest BCUT2D eigenvalue weighted by Crippen LogP contribution is 2.26. The van der Waals surface area contributed by atoms with Gasteiger partial charge >= 0.3 is 0 Å². The summed E-state index contributed by atoms with van der Waals surface area (Å²) in [6, 6.07) is 8.71. The molecule has 0 atom stereocenters. The van der Waals surface area contributed by atoms with Crippen LogP contribution in [0.15, 0.2) is 29.6 Å². The lowest BCUT2D eigenvalue weighted by molar-refractivity contribution is 0.728. The van der Waals surface area contributed by atoms with E-state index in [0.717, 1.165) is 30.3 Å². The van der Waals surface area contributed by atoms with Crippen LogP contribution in [0.25, 0.3) is 0 Å². The SMILES string of the molecule is Cc1csc(N2CCc3ccccc3C2)n1. The molecule has 0 bridgehead atoms. The fraction of sp³-hybridized carbons (Fsp3) is 0.308. The van der Waals surface area contributed by atoms with Crippen molar-refractivity contribution in [1.82, 2.24) is 4.98 Å². The van der Waals surface area contributed by atoms with Crippen LogP contribution in [-0.2, 0) is 13.0 Å². The molecule has 0 saturated heterocycles. The number of aromatic nitrogens is 1. The quantitative estimate of drug-likeness (QED) is 0.748. The first kappa shape index (κ1) is 9.85. The van der Waals surface area contributed by atoms with Crippen molar-refractivity contribution in [1.29, 1.82) is 0 Å². The maximum Gasteiger partial charge on any atom is 0.185 e. The van der Waals surface area contributed by atoms with E-state index in [9.17, 15) is 0 Å². The van der Waals surface area contributed by atoms with Crippen molar-refractivity contribution in [2.45, 2.75) is 19.9 Å². The van der Waals surface area contributed by atoms with Crippen LogP contribution < -0.4 is 4.90 Å². The fourth-order valence-electron chi connectivity index (χ4n) is 2.15. The Kier molecular flexibility index (Phi) is 2.40. The second-order valence-electron chi connectivity index (χ2n) is 4.21. The molecule has 0 N–H and O–H groups in total. The summed E-state index contributed by atoms with van der Waals surface area (Å²) >= 11 is 1.75. The smallest absolute Gasteiger partial charge is 0.185 e. The van der Waals surface area contributed by atoms with E-state index in [1.807, 2.05) is 0 Å². The molecule has 2 heterocycles. The van der Waals surface area contributed by atoms with Gasteiger partial charge in [-0.1, -0.05) is 24.3 Å². The lowest BCUT2D eigenvalue weighted by atomic mass is 10.0. The van der Waals surface area contributed by atoms with E-state index in [1.165, 1.54) is 11.1 Å². The first-order chi connectivity index (χ1) is 7.83. The fourth-order valence-corrected chi connectivity index (χ4v) is 2.98. The molecule has 3 heteroatoms. The predicted molar refractivity (Wildman–Crippen MR) is 68.0 cm³/mol. The number of hydrogen-bond donors (Lipinski definition) is 0. The van der Waals surface area contributed by atoms with E-state index < -0.39 is 0 Å². The molecule has 2 nitrogen and oxygen atoms in total. The third kappa shape index (κ3) is 1.71. The summed E-state index contributed by atoms with van der Waals surface area (Å²) in [7, 11) is 0. The number of rotatable bonds is 1. The van der Waals surface area contributed by atoms with E-state index in [0.29, 0.717) is 0 Å². The zero-order valence-corrected chi connectivity index (χ0v) is 10.1. The highest BCUT2D eigenvalue weighted by Gasteiger charge is 2.17. The van der Waals surface area contributed by atoms with E-state index in [2.05, 4.69) is 46.5 Å². The average molecular weight is 230 g/mol. The zero-order valence-electron chi connectivity index (χ0n) is 9.31. The first-order valence-corrected chi connectivity index (χ1v) is 6.45. The minimum absolute atomic E-state index is 1.00. The monoisotopic (exact) mass is 230 g/mol. The van der Waals surface area contributed by atoms with Crippen LogP contribution in [0.1, 0.15) is 16.8 Å². The highest BCUT2D eigenvalue weighted by atomic mass is 32.1. The molecule has 1 aromatic carbocycles. The lowest BCUT2D eigenvalue weighted by Crippen LogP contribution is -2.30. The zero-order chi connectivity index (χ0) is 11.0. The molecule has 0 radical (unpaired) electrons. The number of benzene rings is 1. The van der Waals surface area contributed by atoms with Crippen molar-refractivity contribution in [2.24, 2.45) is 0 Å². The van der Waals surface area contributed by atoms with E-state index in [4.69, 9.17) is 0 Å². The first-order valence-electron chi connectivity index (χ1n) is 5.57. The molecule has 0 spiro atoms. The van der Waals surface area contributed by atoms with Gasteiger partial charge in [-0.05, 0) is 24.5 Å². The summed E-state index contributed by atoms with van der Waals surface area (Å²) in [4.78, 5) is 6.93. The van der Waals surface area contributed by atoms with Crippen molar-refractivity contribution < 1.29 is 0 Å². The van der Waals surface area contributed by atoms with Crippen molar-refractivity contribution in [3.8, 4) is 0 Å². The van der Waals surface area contributed by atoms with Crippen LogP contribution in [-0.4, -0.2) is 11.5 Å². The third-order valence-corrected chi connectivity index (χ3v) is 4.03. The molecule has 0 fully saturated rings. The molecule has 16 heavy (non-hydrogen) atoms. The van der Waals surface area contributed by atoms with Gasteiger partial charge in [0.05, 0.1) is 5.69 Å². The lowest BCUT2D eigenvalue weighted by Gasteiger charge is -2.28. The number of aryl methyl sites for hydroxylation is 1. The molecule has 1 aliphatic heterocycles. The molecule has 2 aromatic rings. The summed E-state index contributed by atoms with van der Waals surface area (Å²) in [6.07, 6.45) is 1.13. The van der Waals surface area contributed by atoms with Gasteiger partial charge in [-0.25, -0.2) is 4.98 Å². The maximum absolute atomic E-state index is 4.55. The molecule has 0 amide bonds. The van der Waals surface area contributed by atoms with Gasteiger partial charge in [0.25, 0.3) is 0 Å². The average Bonchev–Trinajstić information content (AvgIpc) is 2.75. The third-order valence-electron chi connectivity index (χ3n) is 3.01. The number of fused-ring (bicyclic) bond motifs is 1. The van der Waals surface area contributed by atoms with Gasteiger partial charge in [0.2, 0.25) is 0 Å². The summed E-state index contributed by atoms with van der Waals surface area (Å²) in [5.41, 5.74) is 4.06.